The van der Waals surface area contributed by atoms with Gasteiger partial charge in [0.05, 0.1) is 19.1 Å². The van der Waals surface area contributed by atoms with Gasteiger partial charge in [-0.2, -0.15) is 0 Å². The fourth-order valence-electron chi connectivity index (χ4n) is 7.48. The quantitative estimate of drug-likeness (QED) is 0.530. The SMILES string of the molecule is CC(C)[C@@H](NC(=O)C12CC3CC(CC(C3)C1)C2)C(=O)NCCC[NH+]1CCCC[C@H]1C. The largest absolute Gasteiger partial charge is 0.354 e. The monoisotopic (exact) mass is 418 g/mol. The molecule has 0 radical (unpaired) electrons. The van der Waals surface area contributed by atoms with Gasteiger partial charge in [-0.1, -0.05) is 13.8 Å². The molecule has 4 bridgehead atoms. The smallest absolute Gasteiger partial charge is 0.242 e. The minimum atomic E-state index is -0.410. The van der Waals surface area contributed by atoms with Gasteiger partial charge in [0.2, 0.25) is 11.8 Å². The molecule has 5 heteroatoms. The molecule has 30 heavy (non-hydrogen) atoms. The van der Waals surface area contributed by atoms with Crippen LogP contribution in [0.15, 0.2) is 0 Å². The summed E-state index contributed by atoms with van der Waals surface area (Å²) in [6.45, 7) is 9.55. The zero-order valence-electron chi connectivity index (χ0n) is 19.5. The molecule has 0 aromatic carbocycles. The topological polar surface area (TPSA) is 62.6 Å². The van der Waals surface area contributed by atoms with Crippen molar-refractivity contribution >= 4 is 11.8 Å². The Morgan fingerprint density at radius 2 is 1.67 bits per heavy atom. The molecule has 1 heterocycles. The van der Waals surface area contributed by atoms with Crippen LogP contribution in [0.5, 0.6) is 0 Å². The van der Waals surface area contributed by atoms with Crippen molar-refractivity contribution in [3.8, 4) is 0 Å². The van der Waals surface area contributed by atoms with Gasteiger partial charge in [0.25, 0.3) is 0 Å². The molecule has 170 valence electrons. The molecular formula is C25H44N3O2+. The summed E-state index contributed by atoms with van der Waals surface area (Å²) in [6.07, 6.45) is 12.2. The number of hydrogen-bond donors (Lipinski definition) is 3. The summed E-state index contributed by atoms with van der Waals surface area (Å²) in [5, 5.41) is 6.35. The highest BCUT2D eigenvalue weighted by Gasteiger charge is 2.55. The van der Waals surface area contributed by atoms with Crippen molar-refractivity contribution < 1.29 is 14.5 Å². The second kappa shape index (κ2) is 9.18. The molecule has 3 atom stereocenters. The molecule has 0 spiro atoms. The van der Waals surface area contributed by atoms with Crippen molar-refractivity contribution in [3.05, 3.63) is 0 Å². The maximum absolute atomic E-state index is 13.4. The van der Waals surface area contributed by atoms with E-state index in [9.17, 15) is 9.59 Å². The molecule has 5 rings (SSSR count). The summed E-state index contributed by atoms with van der Waals surface area (Å²) < 4.78 is 0. The number of rotatable bonds is 8. The number of hydrogen-bond acceptors (Lipinski definition) is 2. The van der Waals surface area contributed by atoms with E-state index in [4.69, 9.17) is 0 Å². The van der Waals surface area contributed by atoms with E-state index >= 15 is 0 Å². The summed E-state index contributed by atoms with van der Waals surface area (Å²) in [4.78, 5) is 28.0. The molecule has 4 saturated carbocycles. The van der Waals surface area contributed by atoms with Gasteiger partial charge in [0, 0.05) is 18.4 Å². The Bertz CT molecular complexity index is 597. The van der Waals surface area contributed by atoms with Gasteiger partial charge in [-0.3, -0.25) is 9.59 Å². The number of nitrogens with one attached hydrogen (secondary N) is 3. The third kappa shape index (κ3) is 4.71. The summed E-state index contributed by atoms with van der Waals surface area (Å²) in [5.74, 6) is 2.51. The Morgan fingerprint density at radius 1 is 1.03 bits per heavy atom. The van der Waals surface area contributed by atoms with E-state index in [1.807, 2.05) is 13.8 Å². The van der Waals surface area contributed by atoms with Crippen LogP contribution in [0.3, 0.4) is 0 Å². The fourth-order valence-corrected chi connectivity index (χ4v) is 7.48. The summed E-state index contributed by atoms with van der Waals surface area (Å²) in [5.41, 5.74) is -0.185. The molecule has 1 aliphatic heterocycles. The van der Waals surface area contributed by atoms with Crippen molar-refractivity contribution in [2.45, 2.75) is 97.1 Å². The highest BCUT2D eigenvalue weighted by atomic mass is 16.2. The first-order valence-electron chi connectivity index (χ1n) is 12.8. The molecule has 2 amide bonds. The minimum Gasteiger partial charge on any atom is -0.354 e. The van der Waals surface area contributed by atoms with Crippen LogP contribution in [-0.2, 0) is 9.59 Å². The molecule has 1 saturated heterocycles. The average molecular weight is 419 g/mol. The minimum absolute atomic E-state index is 0.00442. The van der Waals surface area contributed by atoms with Gasteiger partial charge < -0.3 is 15.5 Å². The normalized spacial score (nSPS) is 38.5. The van der Waals surface area contributed by atoms with Crippen LogP contribution in [0.4, 0.5) is 0 Å². The highest BCUT2D eigenvalue weighted by Crippen LogP contribution is 2.60. The van der Waals surface area contributed by atoms with Crippen molar-refractivity contribution in [3.63, 3.8) is 0 Å². The van der Waals surface area contributed by atoms with Gasteiger partial charge in [0.1, 0.15) is 6.04 Å². The molecule has 4 aliphatic carbocycles. The second-order valence-corrected chi connectivity index (χ2v) is 11.6. The van der Waals surface area contributed by atoms with E-state index in [1.165, 1.54) is 45.1 Å². The van der Waals surface area contributed by atoms with Gasteiger partial charge in [-0.25, -0.2) is 0 Å². The molecule has 5 nitrogen and oxygen atoms in total. The van der Waals surface area contributed by atoms with Crippen LogP contribution in [0.1, 0.15) is 85.0 Å². The van der Waals surface area contributed by atoms with Crippen LogP contribution in [0.25, 0.3) is 0 Å². The van der Waals surface area contributed by atoms with Crippen molar-refractivity contribution in [1.29, 1.82) is 0 Å². The number of likely N-dealkylation sites (tertiary alicyclic amines) is 1. The number of carbonyl (C=O) groups excluding carboxylic acids is 2. The fraction of sp³-hybridized carbons (Fsp3) is 0.920. The zero-order chi connectivity index (χ0) is 21.3. The summed E-state index contributed by atoms with van der Waals surface area (Å²) >= 11 is 0. The Hall–Kier alpha value is -1.10. The first-order valence-corrected chi connectivity index (χ1v) is 12.8. The van der Waals surface area contributed by atoms with Crippen LogP contribution < -0.4 is 15.5 Å². The van der Waals surface area contributed by atoms with E-state index in [0.29, 0.717) is 6.54 Å². The lowest BCUT2D eigenvalue weighted by atomic mass is 9.49. The second-order valence-electron chi connectivity index (χ2n) is 11.6. The lowest BCUT2D eigenvalue weighted by Crippen LogP contribution is -3.16. The predicted molar refractivity (Wildman–Crippen MR) is 119 cm³/mol. The maximum atomic E-state index is 13.4. The van der Waals surface area contributed by atoms with E-state index in [-0.39, 0.29) is 23.1 Å². The Labute approximate surface area is 183 Å². The number of quaternary nitrogens is 1. The zero-order valence-corrected chi connectivity index (χ0v) is 19.5. The Morgan fingerprint density at radius 3 is 2.23 bits per heavy atom. The standard InChI is InChI=1S/C25H43N3O2/c1-17(2)22(23(29)26-8-6-10-28-9-5-4-7-18(28)3)27-24(30)25-14-19-11-20(15-25)13-21(12-19)16-25/h17-22H,4-16H2,1-3H3,(H,26,29)(H,27,30)/p+1/t18-,19?,20?,21?,22-,25?/m1/s1. The van der Waals surface area contributed by atoms with Crippen molar-refractivity contribution in [1.82, 2.24) is 10.6 Å². The Kier molecular flexibility index (Phi) is 6.76. The predicted octanol–water partition coefficient (Wildman–Crippen LogP) is 2.31. The van der Waals surface area contributed by atoms with E-state index < -0.39 is 6.04 Å². The van der Waals surface area contributed by atoms with Crippen LogP contribution in [0, 0.1) is 29.1 Å². The lowest BCUT2D eigenvalue weighted by molar-refractivity contribution is -0.928. The molecule has 3 N–H and O–H groups in total. The maximum Gasteiger partial charge on any atom is 0.242 e. The first kappa shape index (κ1) is 22.1. The number of amides is 2. The Balaban J connectivity index is 1.27. The van der Waals surface area contributed by atoms with Gasteiger partial charge >= 0.3 is 0 Å². The van der Waals surface area contributed by atoms with E-state index in [0.717, 1.165) is 56.0 Å². The first-order chi connectivity index (χ1) is 14.4. The molecule has 5 aliphatic rings. The third-order valence-corrected chi connectivity index (χ3v) is 8.81. The summed E-state index contributed by atoms with van der Waals surface area (Å²) in [6, 6.07) is 0.337. The lowest BCUT2D eigenvalue weighted by Gasteiger charge is -2.55. The molecule has 0 aromatic rings. The molecule has 5 fully saturated rings. The third-order valence-electron chi connectivity index (χ3n) is 8.81. The van der Waals surface area contributed by atoms with Crippen LogP contribution >= 0.6 is 0 Å². The van der Waals surface area contributed by atoms with Gasteiger partial charge in [0.15, 0.2) is 0 Å². The molecular weight excluding hydrogens is 374 g/mol. The van der Waals surface area contributed by atoms with Crippen LogP contribution in [-0.4, -0.2) is 43.5 Å². The van der Waals surface area contributed by atoms with Crippen molar-refractivity contribution in [2.75, 3.05) is 19.6 Å². The van der Waals surface area contributed by atoms with Gasteiger partial charge in [-0.15, -0.1) is 0 Å². The van der Waals surface area contributed by atoms with Crippen molar-refractivity contribution in [2.24, 2.45) is 29.1 Å². The van der Waals surface area contributed by atoms with Gasteiger partial charge in [-0.05, 0) is 88.4 Å². The number of piperidine rings is 1. The average Bonchev–Trinajstić information content (AvgIpc) is 2.69. The van der Waals surface area contributed by atoms with E-state index in [1.54, 1.807) is 4.90 Å². The number of carbonyl (C=O) groups is 2. The van der Waals surface area contributed by atoms with Crippen LogP contribution in [0.2, 0.25) is 0 Å². The van der Waals surface area contributed by atoms with E-state index in [2.05, 4.69) is 17.6 Å². The molecule has 0 aromatic heterocycles. The molecule has 1 unspecified atom stereocenters. The summed E-state index contributed by atoms with van der Waals surface area (Å²) in [7, 11) is 0. The highest BCUT2D eigenvalue weighted by molar-refractivity contribution is 5.90.